The molecule has 0 bridgehead atoms. The van der Waals surface area contributed by atoms with Crippen LogP contribution in [0.2, 0.25) is 10.0 Å². The Kier molecular flexibility index (Phi) is 4.32. The largest absolute Gasteiger partial charge is 0.503 e. The Morgan fingerprint density at radius 2 is 1.90 bits per heavy atom. The number of carbonyl (C=O) groups is 1. The molecular weight excluding hydrogens is 305 g/mol. The first-order valence-corrected chi connectivity index (χ1v) is 6.22. The highest BCUT2D eigenvalue weighted by molar-refractivity contribution is 6.34. The van der Waals surface area contributed by atoms with E-state index in [1.807, 2.05) is 0 Å². The maximum atomic E-state index is 10.8. The Morgan fingerprint density at radius 3 is 2.50 bits per heavy atom. The van der Waals surface area contributed by atoms with Crippen molar-refractivity contribution in [3.63, 3.8) is 0 Å². The molecule has 0 spiro atoms. The summed E-state index contributed by atoms with van der Waals surface area (Å²) in [5.74, 6) is -1.83. The molecule has 1 aromatic heterocycles. The Labute approximate surface area is 124 Å². The number of benzene rings is 1. The maximum Gasteiger partial charge on any atom is 0.358 e. The van der Waals surface area contributed by atoms with E-state index in [1.54, 1.807) is 18.2 Å². The summed E-state index contributed by atoms with van der Waals surface area (Å²) >= 11 is 11.7. The third-order valence-electron chi connectivity index (χ3n) is 2.41. The Balaban J connectivity index is 2.19. The quantitative estimate of drug-likeness (QED) is 0.904. The van der Waals surface area contributed by atoms with Gasteiger partial charge in [0.1, 0.15) is 6.61 Å². The lowest BCUT2D eigenvalue weighted by molar-refractivity contribution is 0.0686. The van der Waals surface area contributed by atoms with E-state index in [2.05, 4.69) is 4.98 Å². The van der Waals surface area contributed by atoms with Crippen molar-refractivity contribution in [2.24, 2.45) is 0 Å². The predicted molar refractivity (Wildman–Crippen MR) is 73.7 cm³/mol. The fourth-order valence-corrected chi connectivity index (χ4v) is 2.14. The first kappa shape index (κ1) is 14.4. The third kappa shape index (κ3) is 3.31. The van der Waals surface area contributed by atoms with Crippen LogP contribution in [-0.4, -0.2) is 21.2 Å². The van der Waals surface area contributed by atoms with Crippen LogP contribution in [0.1, 0.15) is 16.1 Å². The SMILES string of the molecule is O=C(O)c1nccc(OCc2cc(Cl)cc(Cl)c2)c1O. The topological polar surface area (TPSA) is 79.7 Å². The molecule has 20 heavy (non-hydrogen) atoms. The second-order valence-electron chi connectivity index (χ2n) is 3.88. The van der Waals surface area contributed by atoms with Crippen molar-refractivity contribution in [1.82, 2.24) is 4.98 Å². The van der Waals surface area contributed by atoms with Crippen molar-refractivity contribution in [1.29, 1.82) is 0 Å². The van der Waals surface area contributed by atoms with E-state index in [0.29, 0.717) is 15.6 Å². The zero-order valence-electron chi connectivity index (χ0n) is 10.0. The summed E-state index contributed by atoms with van der Waals surface area (Å²) in [7, 11) is 0. The van der Waals surface area contributed by atoms with Crippen molar-refractivity contribution in [2.75, 3.05) is 0 Å². The minimum Gasteiger partial charge on any atom is -0.503 e. The molecule has 0 aliphatic rings. The van der Waals surface area contributed by atoms with Crippen LogP contribution in [-0.2, 0) is 6.61 Å². The fraction of sp³-hybridized carbons (Fsp3) is 0.0769. The van der Waals surface area contributed by atoms with Crippen LogP contribution in [0.5, 0.6) is 11.5 Å². The first-order chi connectivity index (χ1) is 9.47. The van der Waals surface area contributed by atoms with E-state index >= 15 is 0 Å². The van der Waals surface area contributed by atoms with Gasteiger partial charge in [0.05, 0.1) is 0 Å². The molecule has 0 fully saturated rings. The Bertz CT molecular complexity index is 641. The van der Waals surface area contributed by atoms with Gasteiger partial charge < -0.3 is 14.9 Å². The van der Waals surface area contributed by atoms with Gasteiger partial charge in [-0.15, -0.1) is 0 Å². The molecule has 0 atom stereocenters. The zero-order chi connectivity index (χ0) is 14.7. The van der Waals surface area contributed by atoms with Gasteiger partial charge in [0, 0.05) is 22.3 Å². The van der Waals surface area contributed by atoms with Crippen LogP contribution >= 0.6 is 23.2 Å². The number of hydrogen-bond donors (Lipinski definition) is 2. The Hall–Kier alpha value is -1.98. The molecule has 2 aromatic rings. The van der Waals surface area contributed by atoms with Crippen molar-refractivity contribution in [3.8, 4) is 11.5 Å². The normalized spacial score (nSPS) is 10.3. The monoisotopic (exact) mass is 313 g/mol. The lowest BCUT2D eigenvalue weighted by Crippen LogP contribution is -2.03. The van der Waals surface area contributed by atoms with E-state index in [1.165, 1.54) is 12.3 Å². The van der Waals surface area contributed by atoms with Gasteiger partial charge >= 0.3 is 5.97 Å². The van der Waals surface area contributed by atoms with Gasteiger partial charge in [-0.25, -0.2) is 9.78 Å². The van der Waals surface area contributed by atoms with Crippen LogP contribution in [0.15, 0.2) is 30.5 Å². The second kappa shape index (κ2) is 5.98. The number of nitrogens with zero attached hydrogens (tertiary/aromatic N) is 1. The van der Waals surface area contributed by atoms with Crippen LogP contribution in [0, 0.1) is 0 Å². The molecular formula is C13H9Cl2NO4. The number of rotatable bonds is 4. The molecule has 1 aromatic carbocycles. The van der Waals surface area contributed by atoms with Crippen molar-refractivity contribution in [3.05, 3.63) is 51.8 Å². The number of hydrogen-bond acceptors (Lipinski definition) is 4. The summed E-state index contributed by atoms with van der Waals surface area (Å²) in [6.45, 7) is 0.0803. The van der Waals surface area contributed by atoms with E-state index in [0.717, 1.165) is 0 Å². The molecule has 7 heteroatoms. The number of carboxylic acid groups (broad SMARTS) is 1. The molecule has 0 saturated carbocycles. The Morgan fingerprint density at radius 1 is 1.25 bits per heavy atom. The van der Waals surface area contributed by atoms with Crippen molar-refractivity contribution in [2.45, 2.75) is 6.61 Å². The molecule has 2 N–H and O–H groups in total. The molecule has 0 radical (unpaired) electrons. The van der Waals surface area contributed by atoms with Crippen molar-refractivity contribution < 1.29 is 19.7 Å². The fourth-order valence-electron chi connectivity index (χ4n) is 1.56. The summed E-state index contributed by atoms with van der Waals surface area (Å²) < 4.78 is 5.35. The number of aromatic carboxylic acids is 1. The molecule has 0 aliphatic carbocycles. The number of aromatic nitrogens is 1. The predicted octanol–water partition coefficient (Wildman–Crippen LogP) is 3.37. The van der Waals surface area contributed by atoms with Crippen molar-refractivity contribution >= 4 is 29.2 Å². The lowest BCUT2D eigenvalue weighted by Gasteiger charge is -2.09. The van der Waals surface area contributed by atoms with Gasteiger partial charge in [0.2, 0.25) is 0 Å². The third-order valence-corrected chi connectivity index (χ3v) is 2.84. The molecule has 5 nitrogen and oxygen atoms in total. The molecule has 1 heterocycles. The average molecular weight is 314 g/mol. The number of halogens is 2. The highest BCUT2D eigenvalue weighted by Gasteiger charge is 2.15. The highest BCUT2D eigenvalue weighted by Crippen LogP contribution is 2.29. The van der Waals surface area contributed by atoms with Gasteiger partial charge in [-0.2, -0.15) is 0 Å². The van der Waals surface area contributed by atoms with Gasteiger partial charge in [0.15, 0.2) is 17.2 Å². The smallest absolute Gasteiger partial charge is 0.358 e. The van der Waals surface area contributed by atoms with Crippen LogP contribution < -0.4 is 4.74 Å². The van der Waals surface area contributed by atoms with E-state index in [-0.39, 0.29) is 12.4 Å². The standard InChI is InChI=1S/C13H9Cl2NO4/c14-8-3-7(4-9(15)5-8)6-20-10-1-2-16-11(12(10)17)13(18)19/h1-5,17H,6H2,(H,18,19). The van der Waals surface area contributed by atoms with Gasteiger partial charge in [-0.3, -0.25) is 0 Å². The number of ether oxygens (including phenoxy) is 1. The molecule has 0 saturated heterocycles. The van der Waals surface area contributed by atoms with Gasteiger partial charge in [0.25, 0.3) is 0 Å². The van der Waals surface area contributed by atoms with E-state index in [4.69, 9.17) is 33.0 Å². The molecule has 0 unspecified atom stereocenters. The van der Waals surface area contributed by atoms with Crippen LogP contribution in [0.3, 0.4) is 0 Å². The molecule has 0 amide bonds. The molecule has 2 rings (SSSR count). The van der Waals surface area contributed by atoms with E-state index in [9.17, 15) is 9.90 Å². The van der Waals surface area contributed by atoms with Gasteiger partial charge in [-0.05, 0) is 23.8 Å². The van der Waals surface area contributed by atoms with Crippen LogP contribution in [0.4, 0.5) is 0 Å². The number of carboxylic acids is 1. The molecule has 104 valence electrons. The summed E-state index contributed by atoms with van der Waals surface area (Å²) in [6.07, 6.45) is 1.24. The maximum absolute atomic E-state index is 10.8. The average Bonchev–Trinajstić information content (AvgIpc) is 2.36. The van der Waals surface area contributed by atoms with Crippen LogP contribution in [0.25, 0.3) is 0 Å². The minimum absolute atomic E-state index is 0.0218. The lowest BCUT2D eigenvalue weighted by atomic mass is 10.2. The second-order valence-corrected chi connectivity index (χ2v) is 4.75. The zero-order valence-corrected chi connectivity index (χ0v) is 11.5. The van der Waals surface area contributed by atoms with E-state index < -0.39 is 17.4 Å². The number of aromatic hydroxyl groups is 1. The number of pyridine rings is 1. The van der Waals surface area contributed by atoms with Gasteiger partial charge in [-0.1, -0.05) is 23.2 Å². The first-order valence-electron chi connectivity index (χ1n) is 5.46. The summed E-state index contributed by atoms with van der Waals surface area (Å²) in [6, 6.07) is 6.26. The summed E-state index contributed by atoms with van der Waals surface area (Å²) in [5.41, 5.74) is 0.224. The minimum atomic E-state index is -1.33. The summed E-state index contributed by atoms with van der Waals surface area (Å²) in [5, 5.41) is 19.5. The molecule has 0 aliphatic heterocycles. The highest BCUT2D eigenvalue weighted by atomic mass is 35.5. The summed E-state index contributed by atoms with van der Waals surface area (Å²) in [4.78, 5) is 14.4.